The van der Waals surface area contributed by atoms with Crippen molar-refractivity contribution in [3.63, 3.8) is 0 Å². The van der Waals surface area contributed by atoms with Gasteiger partial charge >= 0.3 is 5.97 Å². The number of anilines is 4. The molecule has 3 rings (SSSR count). The smallest absolute Gasteiger partial charge is 0.325 e. The molecule has 0 saturated carbocycles. The average molecular weight is 489 g/mol. The maximum absolute atomic E-state index is 11.7. The predicted octanol–water partition coefficient (Wildman–Crippen LogP) is 0.147. The number of ether oxygens (including phenoxy) is 2. The lowest BCUT2D eigenvalue weighted by molar-refractivity contribution is -0.136. The number of carbonyl (C=O) groups is 2. The number of nitrogens with zero attached hydrogens (tertiary/aromatic N) is 2. The minimum absolute atomic E-state index is 0.185. The van der Waals surface area contributed by atoms with Crippen LogP contribution in [-0.4, -0.2) is 67.2 Å². The zero-order chi connectivity index (χ0) is 25.6. The lowest BCUT2D eigenvalue weighted by Crippen LogP contribution is -2.40. The first kappa shape index (κ1) is 27.8. The number of amides is 1. The van der Waals surface area contributed by atoms with Crippen molar-refractivity contribution < 1.29 is 19.1 Å². The Hall–Kier alpha value is -3.45. The van der Waals surface area contributed by atoms with Crippen LogP contribution in [0.4, 0.5) is 23.0 Å². The average Bonchev–Trinajstić information content (AvgIpc) is 2.84. The number of pyridine rings is 1. The van der Waals surface area contributed by atoms with Gasteiger partial charge in [-0.05, 0) is 43.7 Å². The summed E-state index contributed by atoms with van der Waals surface area (Å²) in [6.07, 6.45) is 2.27. The van der Waals surface area contributed by atoms with Crippen LogP contribution in [0.2, 0.25) is 0 Å². The highest BCUT2D eigenvalue weighted by Crippen LogP contribution is 2.20. The van der Waals surface area contributed by atoms with Gasteiger partial charge in [0.25, 0.3) is 0 Å². The van der Waals surface area contributed by atoms with E-state index in [2.05, 4.69) is 10.3 Å². The zero-order valence-corrected chi connectivity index (χ0v) is 19.8. The van der Waals surface area contributed by atoms with Crippen molar-refractivity contribution in [1.82, 2.24) is 9.88 Å². The van der Waals surface area contributed by atoms with E-state index in [1.54, 1.807) is 36.4 Å². The van der Waals surface area contributed by atoms with Crippen LogP contribution in [0.1, 0.15) is 19.3 Å². The Balaban J connectivity index is 0.000000247. The quantitative estimate of drug-likeness (QED) is 0.121. The van der Waals surface area contributed by atoms with Gasteiger partial charge in [0.15, 0.2) is 5.75 Å². The standard InChI is InChI=1S/C12H16N2O3.C11H20N6O/c13-10-3-1-2-4-11(10)17-12(15)9-14-5-7-16-8-6-14;12-6-2-1-3-8(14)11(18)17-9-5-4-7(13)10(15)16-9/h1-4H,5-9,13H2;4-5,8H,1-3,6,12-14H2,(H3,15,16,17,18). The molecule has 0 aliphatic carbocycles. The second-order valence-corrected chi connectivity index (χ2v) is 7.95. The van der Waals surface area contributed by atoms with E-state index in [1.165, 1.54) is 0 Å². The van der Waals surface area contributed by atoms with E-state index < -0.39 is 6.04 Å². The van der Waals surface area contributed by atoms with Crippen molar-refractivity contribution in [3.8, 4) is 5.75 Å². The summed E-state index contributed by atoms with van der Waals surface area (Å²) in [4.78, 5) is 29.3. The van der Waals surface area contributed by atoms with Crippen molar-refractivity contribution in [2.75, 3.05) is 61.9 Å². The highest BCUT2D eigenvalue weighted by molar-refractivity contribution is 5.94. The highest BCUT2D eigenvalue weighted by Gasteiger charge is 2.16. The molecule has 1 saturated heterocycles. The van der Waals surface area contributed by atoms with Gasteiger partial charge in [-0.1, -0.05) is 18.6 Å². The largest absolute Gasteiger partial charge is 0.423 e. The number of nitrogens with two attached hydrogens (primary N) is 5. The van der Waals surface area contributed by atoms with Crippen LogP contribution in [0.5, 0.6) is 5.75 Å². The van der Waals surface area contributed by atoms with E-state index >= 15 is 0 Å². The van der Waals surface area contributed by atoms with Gasteiger partial charge < -0.3 is 43.5 Å². The number of nitrogen functional groups attached to an aromatic ring is 3. The number of morpholine rings is 1. The first-order valence-electron chi connectivity index (χ1n) is 11.4. The molecule has 1 aliphatic rings. The monoisotopic (exact) mass is 488 g/mol. The Morgan fingerprint density at radius 2 is 1.77 bits per heavy atom. The Kier molecular flexibility index (Phi) is 11.7. The van der Waals surface area contributed by atoms with Crippen molar-refractivity contribution in [3.05, 3.63) is 36.4 Å². The molecular formula is C23H36N8O4. The van der Waals surface area contributed by atoms with Crippen molar-refractivity contribution in [2.45, 2.75) is 25.3 Å². The number of nitrogens with one attached hydrogen (secondary N) is 1. The lowest BCUT2D eigenvalue weighted by Gasteiger charge is -2.25. The Morgan fingerprint density at radius 1 is 1.06 bits per heavy atom. The second kappa shape index (κ2) is 14.7. The molecule has 2 heterocycles. The van der Waals surface area contributed by atoms with Crippen molar-refractivity contribution >= 4 is 34.9 Å². The molecule has 1 aromatic carbocycles. The second-order valence-electron chi connectivity index (χ2n) is 7.95. The van der Waals surface area contributed by atoms with Gasteiger partial charge in [-0.2, -0.15) is 0 Å². The van der Waals surface area contributed by atoms with Crippen LogP contribution < -0.4 is 38.7 Å². The van der Waals surface area contributed by atoms with E-state index in [0.29, 0.717) is 49.1 Å². The summed E-state index contributed by atoms with van der Waals surface area (Å²) >= 11 is 0. The molecule has 12 heteroatoms. The number of esters is 1. The van der Waals surface area contributed by atoms with Gasteiger partial charge in [0.05, 0.1) is 37.2 Å². The topological polar surface area (TPSA) is 211 Å². The molecule has 1 atom stereocenters. The minimum atomic E-state index is -0.572. The number of benzene rings is 1. The zero-order valence-electron chi connectivity index (χ0n) is 19.8. The van der Waals surface area contributed by atoms with Crippen LogP contribution in [0.15, 0.2) is 36.4 Å². The van der Waals surface area contributed by atoms with Gasteiger partial charge in [-0.15, -0.1) is 0 Å². The number of hydrogen-bond donors (Lipinski definition) is 6. The third kappa shape index (κ3) is 10.1. The van der Waals surface area contributed by atoms with E-state index in [0.717, 1.165) is 25.9 Å². The summed E-state index contributed by atoms with van der Waals surface area (Å²) in [5, 5.41) is 2.59. The molecule has 2 aromatic rings. The Bertz CT molecular complexity index is 953. The number of unbranched alkanes of at least 4 members (excludes halogenated alkanes) is 1. The normalized spacial score (nSPS) is 14.3. The summed E-state index contributed by atoms with van der Waals surface area (Å²) in [6, 6.07) is 9.57. The van der Waals surface area contributed by atoms with Crippen LogP contribution in [-0.2, 0) is 14.3 Å². The summed E-state index contributed by atoms with van der Waals surface area (Å²) in [6.45, 7) is 3.74. The molecule has 1 aliphatic heterocycles. The molecule has 11 N–H and O–H groups in total. The summed E-state index contributed by atoms with van der Waals surface area (Å²) < 4.78 is 10.4. The van der Waals surface area contributed by atoms with Crippen LogP contribution in [0, 0.1) is 0 Å². The number of aromatic nitrogens is 1. The Labute approximate surface area is 205 Å². The lowest BCUT2D eigenvalue weighted by atomic mass is 10.1. The van der Waals surface area contributed by atoms with E-state index in [9.17, 15) is 9.59 Å². The Morgan fingerprint density at radius 3 is 2.43 bits per heavy atom. The fourth-order valence-electron chi connectivity index (χ4n) is 3.08. The molecule has 12 nitrogen and oxygen atoms in total. The van der Waals surface area contributed by atoms with Crippen LogP contribution >= 0.6 is 0 Å². The molecule has 1 amide bonds. The van der Waals surface area contributed by atoms with Crippen LogP contribution in [0.25, 0.3) is 0 Å². The summed E-state index contributed by atoms with van der Waals surface area (Å²) in [5.74, 6) is 0.379. The van der Waals surface area contributed by atoms with Gasteiger partial charge in [-0.3, -0.25) is 14.5 Å². The number of carbonyl (C=O) groups excluding carboxylic acids is 2. The van der Waals surface area contributed by atoms with Gasteiger partial charge in [0.2, 0.25) is 5.91 Å². The molecule has 0 spiro atoms. The highest BCUT2D eigenvalue weighted by atomic mass is 16.5. The third-order valence-corrected chi connectivity index (χ3v) is 5.11. The molecule has 1 unspecified atom stereocenters. The fourth-order valence-corrected chi connectivity index (χ4v) is 3.08. The third-order valence-electron chi connectivity index (χ3n) is 5.11. The molecule has 0 radical (unpaired) electrons. The van der Waals surface area contributed by atoms with Gasteiger partial charge in [0, 0.05) is 13.1 Å². The van der Waals surface area contributed by atoms with Crippen molar-refractivity contribution in [1.29, 1.82) is 0 Å². The molecule has 0 bridgehead atoms. The first-order valence-corrected chi connectivity index (χ1v) is 11.4. The van der Waals surface area contributed by atoms with Crippen LogP contribution in [0.3, 0.4) is 0 Å². The van der Waals surface area contributed by atoms with Gasteiger partial charge in [-0.25, -0.2) is 4.98 Å². The first-order chi connectivity index (χ1) is 16.8. The minimum Gasteiger partial charge on any atom is -0.423 e. The summed E-state index contributed by atoms with van der Waals surface area (Å²) in [5.41, 5.74) is 28.7. The SMILES string of the molecule is NCCCCC(N)C(=O)Nc1ccc(N)c(N)n1.Nc1ccccc1OC(=O)CN1CCOCC1. The van der Waals surface area contributed by atoms with E-state index in [4.69, 9.17) is 38.1 Å². The molecular weight excluding hydrogens is 452 g/mol. The molecule has 35 heavy (non-hydrogen) atoms. The number of hydrogen-bond acceptors (Lipinski definition) is 11. The number of para-hydroxylation sites is 2. The molecule has 192 valence electrons. The predicted molar refractivity (Wildman–Crippen MR) is 136 cm³/mol. The maximum Gasteiger partial charge on any atom is 0.325 e. The number of rotatable bonds is 9. The maximum atomic E-state index is 11.7. The summed E-state index contributed by atoms with van der Waals surface area (Å²) in [7, 11) is 0. The molecule has 1 aromatic heterocycles. The van der Waals surface area contributed by atoms with Gasteiger partial charge in [0.1, 0.15) is 11.6 Å². The fraction of sp³-hybridized carbons (Fsp3) is 0.435. The van der Waals surface area contributed by atoms with E-state index in [1.807, 2.05) is 4.90 Å². The van der Waals surface area contributed by atoms with Crippen molar-refractivity contribution in [2.24, 2.45) is 11.5 Å². The molecule has 1 fully saturated rings. The van der Waals surface area contributed by atoms with E-state index in [-0.39, 0.29) is 24.2 Å².